The van der Waals surface area contributed by atoms with E-state index in [-0.39, 0.29) is 0 Å². The maximum atomic E-state index is 13.9. The van der Waals surface area contributed by atoms with Crippen molar-refractivity contribution in [3.63, 3.8) is 0 Å². The summed E-state index contributed by atoms with van der Waals surface area (Å²) in [7, 11) is 0. The van der Waals surface area contributed by atoms with E-state index in [9.17, 15) is 4.79 Å². The van der Waals surface area contributed by atoms with Gasteiger partial charge in [0.2, 0.25) is 0 Å². The molecule has 0 aromatic carbocycles. The Kier molecular flexibility index (Phi) is 2.98. The number of hydrogen-bond donors (Lipinski definition) is 0. The maximum absolute atomic E-state index is 13.9. The minimum Gasteiger partial charge on any atom is -0.299 e. The first-order valence-electron chi connectivity index (χ1n) is 12.1. The number of hydrogen-bond acceptors (Lipinski definition) is 1. The van der Waals surface area contributed by atoms with E-state index in [1.807, 2.05) is 0 Å². The highest BCUT2D eigenvalue weighted by atomic mass is 16.1. The van der Waals surface area contributed by atoms with E-state index < -0.39 is 0 Å². The van der Waals surface area contributed by atoms with Crippen molar-refractivity contribution >= 4 is 5.78 Å². The molecule has 9 aliphatic rings. The van der Waals surface area contributed by atoms with Gasteiger partial charge in [0.15, 0.2) is 0 Å². The predicted octanol–water partition coefficient (Wildman–Crippen LogP) is 6.01. The second-order valence-electron chi connectivity index (χ2n) is 12.6. The quantitative estimate of drug-likeness (QED) is 0.594. The molecule has 0 aromatic heterocycles. The standard InChI is InChI=1S/C25H36O/c26-23-21(24-9-15-3-16(10-24)5-17(4-15)11-24)1-2-22(23)25-12-18-6-19(13-25)8-20(7-18)14-25/h15-22H,1-14H2. The highest BCUT2D eigenvalue weighted by Crippen LogP contribution is 2.68. The topological polar surface area (TPSA) is 17.1 Å². The fourth-order valence-electron chi connectivity index (χ4n) is 11.3. The molecular weight excluding hydrogens is 316 g/mol. The zero-order valence-electron chi connectivity index (χ0n) is 16.4. The first-order valence-corrected chi connectivity index (χ1v) is 12.1. The Bertz CT molecular complexity index is 520. The van der Waals surface area contributed by atoms with E-state index in [2.05, 4.69) is 0 Å². The zero-order valence-corrected chi connectivity index (χ0v) is 16.4. The SMILES string of the molecule is O=C1C(C23CC4CC(CC(C4)C2)C3)CCC1C12CC3CC(CC(C3)C1)C2. The van der Waals surface area contributed by atoms with Crippen molar-refractivity contribution in [3.8, 4) is 0 Å². The number of ketones is 1. The van der Waals surface area contributed by atoms with E-state index in [0.29, 0.717) is 22.7 Å². The Balaban J connectivity index is 1.19. The van der Waals surface area contributed by atoms with Gasteiger partial charge in [-0.3, -0.25) is 4.79 Å². The molecule has 9 saturated carbocycles. The monoisotopic (exact) mass is 352 g/mol. The highest BCUT2D eigenvalue weighted by molar-refractivity contribution is 5.87. The van der Waals surface area contributed by atoms with Crippen LogP contribution in [0.1, 0.15) is 89.9 Å². The molecule has 1 heteroatoms. The summed E-state index contributed by atoms with van der Waals surface area (Å²) in [5.41, 5.74) is 0.950. The van der Waals surface area contributed by atoms with Crippen LogP contribution in [0.25, 0.3) is 0 Å². The average Bonchev–Trinajstić information content (AvgIpc) is 2.95. The summed E-state index contributed by atoms with van der Waals surface area (Å²) in [6.45, 7) is 0. The summed E-state index contributed by atoms with van der Waals surface area (Å²) >= 11 is 0. The molecule has 2 unspecified atom stereocenters. The van der Waals surface area contributed by atoms with Gasteiger partial charge in [0.05, 0.1) is 0 Å². The lowest BCUT2D eigenvalue weighted by molar-refractivity contribution is -0.148. The molecule has 9 rings (SSSR count). The first-order chi connectivity index (χ1) is 12.6. The van der Waals surface area contributed by atoms with Crippen LogP contribution in [0.15, 0.2) is 0 Å². The predicted molar refractivity (Wildman–Crippen MR) is 102 cm³/mol. The summed E-state index contributed by atoms with van der Waals surface area (Å²) in [4.78, 5) is 13.9. The Morgan fingerprint density at radius 1 is 0.500 bits per heavy atom. The maximum Gasteiger partial charge on any atom is 0.140 e. The molecule has 2 atom stereocenters. The molecule has 0 saturated heterocycles. The second kappa shape index (κ2) is 4.98. The summed E-state index contributed by atoms with van der Waals surface area (Å²) in [6.07, 6.45) is 20.2. The summed E-state index contributed by atoms with van der Waals surface area (Å²) < 4.78 is 0. The van der Waals surface area contributed by atoms with Crippen LogP contribution in [0.3, 0.4) is 0 Å². The lowest BCUT2D eigenvalue weighted by atomic mass is 9.44. The minimum absolute atomic E-state index is 0.475. The van der Waals surface area contributed by atoms with Gasteiger partial charge in [-0.1, -0.05) is 0 Å². The van der Waals surface area contributed by atoms with Crippen LogP contribution in [0.5, 0.6) is 0 Å². The molecule has 0 aromatic rings. The lowest BCUT2D eigenvalue weighted by Crippen LogP contribution is -2.53. The van der Waals surface area contributed by atoms with Gasteiger partial charge in [0, 0.05) is 11.8 Å². The minimum atomic E-state index is 0.475. The number of rotatable bonds is 2. The highest BCUT2D eigenvalue weighted by Gasteiger charge is 2.62. The largest absolute Gasteiger partial charge is 0.299 e. The van der Waals surface area contributed by atoms with Crippen molar-refractivity contribution in [3.05, 3.63) is 0 Å². The summed E-state index contributed by atoms with van der Waals surface area (Å²) in [5.74, 6) is 7.72. The van der Waals surface area contributed by atoms with Gasteiger partial charge in [-0.05, 0) is 136 Å². The van der Waals surface area contributed by atoms with Crippen molar-refractivity contribution in [1.29, 1.82) is 0 Å². The van der Waals surface area contributed by atoms with Crippen LogP contribution in [0.2, 0.25) is 0 Å². The normalized spacial score (nSPS) is 62.4. The van der Waals surface area contributed by atoms with Crippen molar-refractivity contribution in [2.45, 2.75) is 89.9 Å². The van der Waals surface area contributed by atoms with Crippen LogP contribution in [-0.2, 0) is 4.79 Å². The number of carbonyl (C=O) groups is 1. The molecule has 26 heavy (non-hydrogen) atoms. The van der Waals surface area contributed by atoms with Crippen molar-refractivity contribution in [2.24, 2.45) is 58.2 Å². The molecule has 9 fully saturated rings. The molecule has 0 spiro atoms. The smallest absolute Gasteiger partial charge is 0.140 e. The van der Waals surface area contributed by atoms with E-state index in [0.717, 1.165) is 41.3 Å². The van der Waals surface area contributed by atoms with Gasteiger partial charge in [0.25, 0.3) is 0 Å². The van der Waals surface area contributed by atoms with Gasteiger partial charge in [-0.25, -0.2) is 0 Å². The van der Waals surface area contributed by atoms with Crippen LogP contribution in [0, 0.1) is 58.2 Å². The lowest BCUT2D eigenvalue weighted by Gasteiger charge is -2.60. The van der Waals surface area contributed by atoms with Gasteiger partial charge in [-0.15, -0.1) is 0 Å². The molecule has 0 heterocycles. The zero-order chi connectivity index (χ0) is 17.1. The number of Topliss-reactive ketones (excluding diaryl/α,β-unsaturated/α-hetero) is 1. The Hall–Kier alpha value is -0.330. The van der Waals surface area contributed by atoms with E-state index in [1.54, 1.807) is 0 Å². The van der Waals surface area contributed by atoms with Crippen LogP contribution in [0.4, 0.5) is 0 Å². The van der Waals surface area contributed by atoms with Crippen molar-refractivity contribution < 1.29 is 4.79 Å². The van der Waals surface area contributed by atoms with Gasteiger partial charge in [0.1, 0.15) is 5.78 Å². The molecule has 8 bridgehead atoms. The molecule has 0 amide bonds. The summed E-state index contributed by atoms with van der Waals surface area (Å²) in [6, 6.07) is 0. The molecule has 0 N–H and O–H groups in total. The third-order valence-corrected chi connectivity index (χ3v) is 11.1. The second-order valence-corrected chi connectivity index (χ2v) is 12.6. The Morgan fingerprint density at radius 2 is 0.769 bits per heavy atom. The molecule has 142 valence electrons. The first kappa shape index (κ1) is 15.6. The molecule has 1 nitrogen and oxygen atoms in total. The molecular formula is C25H36O. The Labute approximate surface area is 159 Å². The van der Waals surface area contributed by atoms with E-state index in [1.165, 1.54) is 89.9 Å². The fraction of sp³-hybridized carbons (Fsp3) is 0.960. The number of carbonyl (C=O) groups excluding carboxylic acids is 1. The van der Waals surface area contributed by atoms with E-state index >= 15 is 0 Å². The molecule has 9 aliphatic carbocycles. The molecule has 0 aliphatic heterocycles. The van der Waals surface area contributed by atoms with Gasteiger partial charge in [-0.2, -0.15) is 0 Å². The fourth-order valence-corrected chi connectivity index (χ4v) is 11.3. The van der Waals surface area contributed by atoms with Gasteiger partial charge >= 0.3 is 0 Å². The third kappa shape index (κ3) is 1.97. The third-order valence-electron chi connectivity index (χ3n) is 11.1. The van der Waals surface area contributed by atoms with Crippen LogP contribution in [-0.4, -0.2) is 5.78 Å². The van der Waals surface area contributed by atoms with E-state index in [4.69, 9.17) is 0 Å². The average molecular weight is 353 g/mol. The van der Waals surface area contributed by atoms with Crippen LogP contribution < -0.4 is 0 Å². The Morgan fingerprint density at radius 3 is 1.04 bits per heavy atom. The van der Waals surface area contributed by atoms with Crippen LogP contribution >= 0.6 is 0 Å². The van der Waals surface area contributed by atoms with Gasteiger partial charge < -0.3 is 0 Å². The molecule has 0 radical (unpaired) electrons. The van der Waals surface area contributed by atoms with Crippen molar-refractivity contribution in [2.75, 3.05) is 0 Å². The summed E-state index contributed by atoms with van der Waals surface area (Å²) in [5, 5.41) is 0. The van der Waals surface area contributed by atoms with Crippen molar-refractivity contribution in [1.82, 2.24) is 0 Å².